The van der Waals surface area contributed by atoms with Crippen LogP contribution in [0.5, 0.6) is 0 Å². The summed E-state index contributed by atoms with van der Waals surface area (Å²) in [5, 5.41) is 0. The molecule has 2 aliphatic rings. The molecule has 0 spiro atoms. The van der Waals surface area contributed by atoms with Crippen LogP contribution >= 0.6 is 0 Å². The van der Waals surface area contributed by atoms with Crippen molar-refractivity contribution in [2.75, 3.05) is 6.61 Å². The molecule has 1 saturated carbocycles. The first kappa shape index (κ1) is 21.7. The van der Waals surface area contributed by atoms with E-state index in [1.165, 1.54) is 11.8 Å². The van der Waals surface area contributed by atoms with Gasteiger partial charge in [0.2, 0.25) is 0 Å². The standard InChI is InChI=1S/C20H33NO6/c1-11(22)13-14(15(13)16(23)26-18(2,3)4)12-10-25-20(8,9)21(12)17(24)27-19(5,6)7/h12-15H,10H2,1-9H3/t12-,13+,14+,15+/m0/s1. The Hall–Kier alpha value is -1.63. The smallest absolute Gasteiger partial charge is 0.412 e. The van der Waals surface area contributed by atoms with Gasteiger partial charge in [0.15, 0.2) is 0 Å². The molecule has 0 aromatic heterocycles. The van der Waals surface area contributed by atoms with Crippen LogP contribution in [0.1, 0.15) is 62.3 Å². The summed E-state index contributed by atoms with van der Waals surface area (Å²) in [7, 11) is 0. The predicted molar refractivity (Wildman–Crippen MR) is 98.9 cm³/mol. The highest BCUT2D eigenvalue weighted by atomic mass is 16.6. The summed E-state index contributed by atoms with van der Waals surface area (Å²) in [4.78, 5) is 39.1. The van der Waals surface area contributed by atoms with Gasteiger partial charge in [-0.1, -0.05) is 0 Å². The molecule has 0 aromatic carbocycles. The molecule has 1 heterocycles. The van der Waals surface area contributed by atoms with Crippen molar-refractivity contribution >= 4 is 17.8 Å². The molecule has 154 valence electrons. The third-order valence-corrected chi connectivity index (χ3v) is 4.78. The highest BCUT2D eigenvalue weighted by Gasteiger charge is 2.66. The van der Waals surface area contributed by atoms with Crippen LogP contribution in [0.4, 0.5) is 4.79 Å². The van der Waals surface area contributed by atoms with Crippen LogP contribution in [-0.2, 0) is 23.8 Å². The quantitative estimate of drug-likeness (QED) is 0.696. The zero-order valence-electron chi connectivity index (χ0n) is 17.9. The first-order valence-corrected chi connectivity index (χ1v) is 9.45. The molecule has 7 heteroatoms. The SMILES string of the molecule is CC(=O)[C@H]1[C@@H](C(=O)OC(C)(C)C)[C@@H]1[C@@H]1COC(C)(C)N1C(=O)OC(C)(C)C. The Morgan fingerprint density at radius 1 is 0.963 bits per heavy atom. The molecule has 0 N–H and O–H groups in total. The fourth-order valence-electron chi connectivity index (χ4n) is 3.79. The lowest BCUT2D eigenvalue weighted by Crippen LogP contribution is -2.51. The predicted octanol–water partition coefficient (Wildman–Crippen LogP) is 3.15. The van der Waals surface area contributed by atoms with Crippen LogP contribution in [0, 0.1) is 17.8 Å². The van der Waals surface area contributed by atoms with Crippen molar-refractivity contribution < 1.29 is 28.6 Å². The van der Waals surface area contributed by atoms with Crippen LogP contribution in [0.15, 0.2) is 0 Å². The summed E-state index contributed by atoms with van der Waals surface area (Å²) in [5.41, 5.74) is -2.17. The molecule has 0 unspecified atom stereocenters. The van der Waals surface area contributed by atoms with E-state index in [0.29, 0.717) is 0 Å². The van der Waals surface area contributed by atoms with Crippen molar-refractivity contribution in [3.05, 3.63) is 0 Å². The number of Topliss-reactive ketones (excluding diaryl/α,β-unsaturated/α-hetero) is 1. The molecule has 1 amide bonds. The summed E-state index contributed by atoms with van der Waals surface area (Å²) in [6.45, 7) is 16.0. The van der Waals surface area contributed by atoms with Gasteiger partial charge < -0.3 is 14.2 Å². The van der Waals surface area contributed by atoms with Crippen molar-refractivity contribution in [2.24, 2.45) is 17.8 Å². The van der Waals surface area contributed by atoms with Gasteiger partial charge in [-0.3, -0.25) is 14.5 Å². The second kappa shape index (κ2) is 6.76. The molecule has 0 bridgehead atoms. The molecule has 2 rings (SSSR count). The lowest BCUT2D eigenvalue weighted by molar-refractivity contribution is -0.157. The number of nitrogens with zero attached hydrogens (tertiary/aromatic N) is 1. The normalized spacial score (nSPS) is 30.0. The van der Waals surface area contributed by atoms with E-state index >= 15 is 0 Å². The van der Waals surface area contributed by atoms with Gasteiger partial charge in [0, 0.05) is 11.8 Å². The van der Waals surface area contributed by atoms with Gasteiger partial charge in [0.25, 0.3) is 0 Å². The highest BCUT2D eigenvalue weighted by molar-refractivity contribution is 5.91. The zero-order valence-corrected chi connectivity index (χ0v) is 17.9. The maximum Gasteiger partial charge on any atom is 0.412 e. The monoisotopic (exact) mass is 383 g/mol. The van der Waals surface area contributed by atoms with Gasteiger partial charge in [-0.25, -0.2) is 4.79 Å². The summed E-state index contributed by atoms with van der Waals surface area (Å²) in [6.07, 6.45) is -0.507. The van der Waals surface area contributed by atoms with Crippen LogP contribution in [0.2, 0.25) is 0 Å². The van der Waals surface area contributed by atoms with Gasteiger partial charge in [-0.15, -0.1) is 0 Å². The van der Waals surface area contributed by atoms with E-state index in [4.69, 9.17) is 14.2 Å². The van der Waals surface area contributed by atoms with Crippen molar-refractivity contribution in [3.63, 3.8) is 0 Å². The van der Waals surface area contributed by atoms with Gasteiger partial charge in [0.1, 0.15) is 22.7 Å². The average Bonchev–Trinajstić information content (AvgIpc) is 3.07. The lowest BCUT2D eigenvalue weighted by Gasteiger charge is -2.35. The van der Waals surface area contributed by atoms with E-state index in [1.807, 2.05) is 0 Å². The number of esters is 1. The Morgan fingerprint density at radius 3 is 1.93 bits per heavy atom. The zero-order chi connectivity index (χ0) is 20.9. The molecule has 0 aromatic rings. The molecule has 2 fully saturated rings. The van der Waals surface area contributed by atoms with Gasteiger partial charge >= 0.3 is 12.1 Å². The van der Waals surface area contributed by atoms with Crippen molar-refractivity contribution in [1.82, 2.24) is 4.90 Å². The fourth-order valence-corrected chi connectivity index (χ4v) is 3.79. The minimum atomic E-state index is -0.880. The third-order valence-electron chi connectivity index (χ3n) is 4.78. The third kappa shape index (κ3) is 4.81. The molecule has 4 atom stereocenters. The maximum absolute atomic E-state index is 12.8. The van der Waals surface area contributed by atoms with E-state index < -0.39 is 46.9 Å². The second-order valence-electron chi connectivity index (χ2n) is 9.95. The van der Waals surface area contributed by atoms with Gasteiger partial charge in [-0.2, -0.15) is 0 Å². The van der Waals surface area contributed by atoms with Crippen molar-refractivity contribution in [3.8, 4) is 0 Å². The molecular weight excluding hydrogens is 350 g/mol. The van der Waals surface area contributed by atoms with Crippen LogP contribution in [0.3, 0.4) is 0 Å². The van der Waals surface area contributed by atoms with Crippen LogP contribution < -0.4 is 0 Å². The molecular formula is C20H33NO6. The number of amides is 1. The van der Waals surface area contributed by atoms with Crippen LogP contribution in [0.25, 0.3) is 0 Å². The minimum absolute atomic E-state index is 0.0790. The van der Waals surface area contributed by atoms with Gasteiger partial charge in [0.05, 0.1) is 18.6 Å². The Kier molecular flexibility index (Phi) is 5.43. The summed E-state index contributed by atoms with van der Waals surface area (Å²) >= 11 is 0. The average molecular weight is 383 g/mol. The van der Waals surface area contributed by atoms with Crippen molar-refractivity contribution in [2.45, 2.75) is 85.3 Å². The highest BCUT2D eigenvalue weighted by Crippen LogP contribution is 2.54. The Bertz CT molecular complexity index is 627. The first-order chi connectivity index (χ1) is 12.1. The van der Waals surface area contributed by atoms with E-state index in [1.54, 1.807) is 55.4 Å². The first-order valence-electron chi connectivity index (χ1n) is 9.45. The maximum atomic E-state index is 12.8. The summed E-state index contributed by atoms with van der Waals surface area (Å²) in [6, 6.07) is -0.415. The van der Waals surface area contributed by atoms with E-state index in [0.717, 1.165) is 0 Å². The van der Waals surface area contributed by atoms with E-state index in [-0.39, 0.29) is 18.3 Å². The number of carbonyl (C=O) groups excluding carboxylic acids is 3. The minimum Gasteiger partial charge on any atom is -0.460 e. The van der Waals surface area contributed by atoms with Crippen LogP contribution in [-0.4, -0.2) is 52.3 Å². The number of hydrogen-bond acceptors (Lipinski definition) is 6. The molecule has 27 heavy (non-hydrogen) atoms. The topological polar surface area (TPSA) is 82.1 Å². The molecule has 1 aliphatic carbocycles. The van der Waals surface area contributed by atoms with E-state index in [2.05, 4.69) is 0 Å². The summed E-state index contributed by atoms with van der Waals surface area (Å²) in [5.74, 6) is -1.83. The largest absolute Gasteiger partial charge is 0.460 e. The molecule has 1 saturated heterocycles. The molecule has 7 nitrogen and oxygen atoms in total. The number of ether oxygens (including phenoxy) is 3. The molecule has 1 aliphatic heterocycles. The number of ketones is 1. The van der Waals surface area contributed by atoms with Crippen molar-refractivity contribution in [1.29, 1.82) is 0 Å². The van der Waals surface area contributed by atoms with E-state index in [9.17, 15) is 14.4 Å². The molecule has 0 radical (unpaired) electrons. The Balaban J connectivity index is 2.26. The van der Waals surface area contributed by atoms with Gasteiger partial charge in [-0.05, 0) is 62.3 Å². The lowest BCUT2D eigenvalue weighted by atomic mass is 10.1. The fraction of sp³-hybridized carbons (Fsp3) is 0.850. The second-order valence-corrected chi connectivity index (χ2v) is 9.95. The number of carbonyl (C=O) groups is 3. The Labute approximate surface area is 161 Å². The number of hydrogen-bond donors (Lipinski definition) is 0. The Morgan fingerprint density at radius 2 is 1.48 bits per heavy atom. The summed E-state index contributed by atoms with van der Waals surface area (Å²) < 4.78 is 16.9. The number of rotatable bonds is 3.